The Morgan fingerprint density at radius 2 is 1.29 bits per heavy atom. The van der Waals surface area contributed by atoms with Crippen molar-refractivity contribution in [3.63, 3.8) is 0 Å². The molecule has 1 aromatic carbocycles. The number of carbonyl (C=O) groups is 1. The Hall–Kier alpha value is -5.56. The predicted molar refractivity (Wildman–Crippen MR) is 162 cm³/mol. The highest BCUT2D eigenvalue weighted by molar-refractivity contribution is 5.97. The number of hydrogen-bond donors (Lipinski definition) is 2. The predicted octanol–water partition coefficient (Wildman–Crippen LogP) is 6.60. The molecule has 198 valence electrons. The second-order valence-corrected chi connectivity index (χ2v) is 10.0. The van der Waals surface area contributed by atoms with E-state index in [0.29, 0.717) is 5.56 Å². The van der Waals surface area contributed by atoms with Crippen LogP contribution in [0.2, 0.25) is 0 Å². The van der Waals surface area contributed by atoms with Crippen molar-refractivity contribution in [1.29, 1.82) is 0 Å². The number of pyridine rings is 1. The van der Waals surface area contributed by atoms with E-state index in [1.165, 1.54) is 7.11 Å². The maximum Gasteiger partial charge on any atom is 0.337 e. The van der Waals surface area contributed by atoms with E-state index in [1.54, 1.807) is 12.1 Å². The van der Waals surface area contributed by atoms with Gasteiger partial charge in [-0.3, -0.25) is 0 Å². The van der Waals surface area contributed by atoms with Gasteiger partial charge in [-0.1, -0.05) is 12.1 Å². The normalized spacial score (nSPS) is 12.0. The molecular formula is C34H26N5O2+. The van der Waals surface area contributed by atoms with Crippen molar-refractivity contribution >= 4 is 52.3 Å². The third kappa shape index (κ3) is 4.63. The first kappa shape index (κ1) is 24.5. The Morgan fingerprint density at radius 3 is 2.05 bits per heavy atom. The monoisotopic (exact) mass is 536 g/mol. The molecular weight excluding hydrogens is 510 g/mol. The summed E-state index contributed by atoms with van der Waals surface area (Å²) >= 11 is 0. The summed E-state index contributed by atoms with van der Waals surface area (Å²) in [7, 11) is 3.39. The highest BCUT2D eigenvalue weighted by atomic mass is 16.5. The first-order chi connectivity index (χ1) is 20.0. The number of benzene rings is 1. The molecule has 5 aromatic rings. The summed E-state index contributed by atoms with van der Waals surface area (Å²) in [5.74, 6) is -0.371. The molecule has 2 N–H and O–H groups in total. The number of carbonyl (C=O) groups excluding carboxylic acids is 1. The van der Waals surface area contributed by atoms with Gasteiger partial charge in [-0.15, -0.1) is 0 Å². The van der Waals surface area contributed by atoms with Gasteiger partial charge < -0.3 is 14.7 Å². The second-order valence-electron chi connectivity index (χ2n) is 10.0. The van der Waals surface area contributed by atoms with E-state index in [4.69, 9.17) is 14.7 Å². The molecule has 0 aliphatic carbocycles. The van der Waals surface area contributed by atoms with Crippen LogP contribution in [0.3, 0.4) is 0 Å². The average Bonchev–Trinajstić information content (AvgIpc) is 3.81. The highest BCUT2D eigenvalue weighted by Gasteiger charge is 2.14. The number of fused-ring (bicyclic) bond motifs is 8. The van der Waals surface area contributed by atoms with Gasteiger partial charge in [0.2, 0.25) is 0 Å². The van der Waals surface area contributed by atoms with E-state index in [0.717, 1.165) is 67.1 Å². The topological polar surface area (TPSA) is 87.5 Å². The Kier molecular flexibility index (Phi) is 5.90. The van der Waals surface area contributed by atoms with Gasteiger partial charge in [-0.2, -0.15) is 0 Å². The zero-order valence-corrected chi connectivity index (χ0v) is 22.6. The van der Waals surface area contributed by atoms with E-state index in [-0.39, 0.29) is 5.97 Å². The molecule has 0 saturated carbocycles. The minimum Gasteiger partial charge on any atom is -0.465 e. The molecule has 0 saturated heterocycles. The van der Waals surface area contributed by atoms with E-state index >= 15 is 0 Å². The molecule has 8 bridgehead atoms. The smallest absolute Gasteiger partial charge is 0.337 e. The van der Waals surface area contributed by atoms with Gasteiger partial charge in [0.05, 0.1) is 35.4 Å². The number of aromatic nitrogens is 5. The van der Waals surface area contributed by atoms with E-state index < -0.39 is 0 Å². The molecule has 0 atom stereocenters. The first-order valence-electron chi connectivity index (χ1n) is 13.3. The number of nitrogens with zero attached hydrogens (tertiary/aromatic N) is 3. The number of methoxy groups -OCH3 is 1. The molecule has 0 amide bonds. The van der Waals surface area contributed by atoms with E-state index in [9.17, 15) is 4.79 Å². The minimum absolute atomic E-state index is 0.371. The molecule has 0 radical (unpaired) electrons. The summed E-state index contributed by atoms with van der Waals surface area (Å²) in [4.78, 5) is 29.1. The van der Waals surface area contributed by atoms with Gasteiger partial charge in [-0.05, 0) is 84.0 Å². The summed E-state index contributed by atoms with van der Waals surface area (Å²) in [6.45, 7) is 0. The molecule has 7 rings (SSSR count). The van der Waals surface area contributed by atoms with Crippen molar-refractivity contribution in [3.8, 4) is 22.3 Å². The number of ether oxygens (including phenoxy) is 1. The molecule has 7 nitrogen and oxygen atoms in total. The summed E-state index contributed by atoms with van der Waals surface area (Å²) < 4.78 is 6.92. The van der Waals surface area contributed by atoms with Crippen molar-refractivity contribution in [1.82, 2.24) is 19.9 Å². The number of hydrogen-bond acceptors (Lipinski definition) is 4. The largest absolute Gasteiger partial charge is 0.465 e. The molecule has 7 heteroatoms. The van der Waals surface area contributed by atoms with Crippen LogP contribution in [0.15, 0.2) is 85.2 Å². The summed E-state index contributed by atoms with van der Waals surface area (Å²) in [5.41, 5.74) is 11.6. The van der Waals surface area contributed by atoms with Gasteiger partial charge in [0.15, 0.2) is 12.4 Å². The van der Waals surface area contributed by atoms with Crippen molar-refractivity contribution in [2.45, 2.75) is 0 Å². The van der Waals surface area contributed by atoms with E-state index in [1.807, 2.05) is 72.6 Å². The molecule has 41 heavy (non-hydrogen) atoms. The van der Waals surface area contributed by atoms with Crippen molar-refractivity contribution in [2.24, 2.45) is 7.05 Å². The highest BCUT2D eigenvalue weighted by Crippen LogP contribution is 2.33. The Bertz CT molecular complexity index is 2050. The first-order valence-corrected chi connectivity index (χ1v) is 13.3. The Morgan fingerprint density at radius 1 is 0.683 bits per heavy atom. The third-order valence-electron chi connectivity index (χ3n) is 7.26. The number of nitrogens with one attached hydrogen (secondary N) is 2. The lowest BCUT2D eigenvalue weighted by Crippen LogP contribution is -2.25. The van der Waals surface area contributed by atoms with Crippen molar-refractivity contribution in [3.05, 3.63) is 114 Å². The fourth-order valence-corrected chi connectivity index (χ4v) is 5.25. The summed E-state index contributed by atoms with van der Waals surface area (Å²) in [6.07, 6.45) is 12.1. The number of esters is 1. The molecule has 0 spiro atoms. The Labute approximate surface area is 236 Å². The minimum atomic E-state index is -0.371. The van der Waals surface area contributed by atoms with Crippen molar-refractivity contribution < 1.29 is 14.1 Å². The van der Waals surface area contributed by atoms with Gasteiger partial charge >= 0.3 is 5.97 Å². The summed E-state index contributed by atoms with van der Waals surface area (Å²) in [5, 5.41) is 0. The number of aryl methyl sites for hydroxylation is 1. The average molecular weight is 537 g/mol. The number of aromatic amines is 2. The standard InChI is InChI=1S/C34H25N5O2/c1-39-17-15-22(16-18-39)33-29-12-10-27(37-29)20-25-8-7-24(35-25)19-26-9-11-28(36-26)32(30-13-14-31(33)38-30)21-3-5-23(6-4-21)34(40)41-2/h3-20H,1-2H3,(H,35,36,37,38)/p+1. The molecule has 0 unspecified atom stereocenters. The van der Waals surface area contributed by atoms with Gasteiger partial charge in [0.25, 0.3) is 0 Å². The van der Waals surface area contributed by atoms with Gasteiger partial charge in [-0.25, -0.2) is 19.3 Å². The third-order valence-corrected chi connectivity index (χ3v) is 7.26. The van der Waals surface area contributed by atoms with Crippen LogP contribution in [0.4, 0.5) is 0 Å². The van der Waals surface area contributed by atoms with E-state index in [2.05, 4.69) is 46.4 Å². The quantitative estimate of drug-likeness (QED) is 0.197. The maximum atomic E-state index is 12.1. The molecule has 0 fully saturated rings. The van der Waals surface area contributed by atoms with Crippen molar-refractivity contribution in [2.75, 3.05) is 7.11 Å². The maximum absolute atomic E-state index is 12.1. The molecule has 4 aromatic heterocycles. The van der Waals surface area contributed by atoms with Crippen LogP contribution < -0.4 is 4.57 Å². The van der Waals surface area contributed by atoms with Crippen LogP contribution in [-0.2, 0) is 11.8 Å². The zero-order chi connectivity index (χ0) is 27.9. The SMILES string of the molecule is COC(=O)c1ccc(-c2c3nc(cc4nc(cc5ccc([nH]5)c(-c5cc[n+](C)cc5)c5ccc2[nH]5)C=C4)C=C3)cc1. The van der Waals surface area contributed by atoms with Gasteiger partial charge in [0, 0.05) is 45.3 Å². The lowest BCUT2D eigenvalue weighted by atomic mass is 10.0. The zero-order valence-electron chi connectivity index (χ0n) is 22.6. The van der Waals surface area contributed by atoms with Crippen LogP contribution in [-0.4, -0.2) is 33.0 Å². The van der Waals surface area contributed by atoms with Crippen LogP contribution in [0, 0.1) is 0 Å². The van der Waals surface area contributed by atoms with Crippen LogP contribution in [0.1, 0.15) is 33.1 Å². The summed E-state index contributed by atoms with van der Waals surface area (Å²) in [6, 6.07) is 24.0. The van der Waals surface area contributed by atoms with Gasteiger partial charge in [0.1, 0.15) is 7.05 Å². The fraction of sp³-hybridized carbons (Fsp3) is 0.0588. The molecule has 2 aliphatic rings. The van der Waals surface area contributed by atoms with Crippen LogP contribution in [0.5, 0.6) is 0 Å². The molecule has 2 aliphatic heterocycles. The lowest BCUT2D eigenvalue weighted by Gasteiger charge is -2.06. The van der Waals surface area contributed by atoms with Crippen LogP contribution in [0.25, 0.3) is 68.6 Å². The number of H-pyrrole nitrogens is 2. The molecule has 6 heterocycles. The fourth-order valence-electron chi connectivity index (χ4n) is 5.25. The Balaban J connectivity index is 1.57. The second kappa shape index (κ2) is 9.88. The lowest BCUT2D eigenvalue weighted by molar-refractivity contribution is -0.671. The van der Waals surface area contributed by atoms with Crippen LogP contribution >= 0.6 is 0 Å². The number of rotatable bonds is 3.